The first-order chi connectivity index (χ1) is 26.1. The fraction of sp³-hybridized carbons (Fsp3) is 0.375. The Morgan fingerprint density at radius 2 is 1.67 bits per heavy atom. The third kappa shape index (κ3) is 9.34. The van der Waals surface area contributed by atoms with Gasteiger partial charge in [0.25, 0.3) is 0 Å². The van der Waals surface area contributed by atoms with Crippen LogP contribution in [-0.4, -0.2) is 55.9 Å². The third-order valence-corrected chi connectivity index (χ3v) is 10.7. The van der Waals surface area contributed by atoms with Gasteiger partial charge in [-0.25, -0.2) is 9.59 Å². The minimum Gasteiger partial charge on any atom is -0.619 e. The number of carbonyl (C=O) groups excluding carboxylic acids is 2. The average Bonchev–Trinajstić information content (AvgIpc) is 4.00. The molecule has 2 atom stereocenters. The number of alkyl halides is 2. The van der Waals surface area contributed by atoms with Gasteiger partial charge >= 0.3 is 18.7 Å². The summed E-state index contributed by atoms with van der Waals surface area (Å²) >= 11 is 12.9. The molecule has 284 valence electrons. The lowest BCUT2D eigenvalue weighted by Crippen LogP contribution is -2.53. The van der Waals surface area contributed by atoms with Crippen molar-refractivity contribution in [3.8, 4) is 11.5 Å². The van der Waals surface area contributed by atoms with Gasteiger partial charge < -0.3 is 24.2 Å². The van der Waals surface area contributed by atoms with Gasteiger partial charge in [0.15, 0.2) is 23.9 Å². The third-order valence-electron chi connectivity index (χ3n) is 10.1. The van der Waals surface area contributed by atoms with Gasteiger partial charge in [0.05, 0.1) is 18.7 Å². The van der Waals surface area contributed by atoms with Crippen molar-refractivity contribution in [2.45, 2.75) is 57.5 Å². The first kappa shape index (κ1) is 37.7. The topological polar surface area (TPSA) is 104 Å². The SMILES string of the molecule is O=C(OC(Cc1c(Cl)c[n+]([O-])cc1Cl)c1ccc(OC(F)F)c(OCC2CC2)c1)c1cccc(CN(C(=O)O[C@H]2CN3CCC2CC3)c2ccccc2)c1. The Balaban J connectivity index is 1.14. The van der Waals surface area contributed by atoms with Gasteiger partial charge in [-0.15, -0.1) is 0 Å². The second kappa shape index (κ2) is 16.8. The van der Waals surface area contributed by atoms with Crippen LogP contribution in [-0.2, 0) is 22.4 Å². The highest BCUT2D eigenvalue weighted by atomic mass is 35.5. The predicted octanol–water partition coefficient (Wildman–Crippen LogP) is 8.40. The molecular formula is C40H39Cl2F2N3O7. The van der Waals surface area contributed by atoms with Crippen molar-refractivity contribution in [1.82, 2.24) is 4.90 Å². The van der Waals surface area contributed by atoms with Gasteiger partial charge in [-0.3, -0.25) is 9.80 Å². The highest BCUT2D eigenvalue weighted by Gasteiger charge is 2.37. The van der Waals surface area contributed by atoms with Crippen LogP contribution < -0.4 is 19.1 Å². The van der Waals surface area contributed by atoms with E-state index >= 15 is 0 Å². The molecule has 0 N–H and O–H groups in total. The Kier molecular flexibility index (Phi) is 11.7. The molecule has 2 bridgehead atoms. The van der Waals surface area contributed by atoms with Gasteiger partial charge in [-0.1, -0.05) is 59.6 Å². The van der Waals surface area contributed by atoms with E-state index in [4.69, 9.17) is 42.1 Å². The van der Waals surface area contributed by atoms with E-state index in [0.29, 0.717) is 52.1 Å². The van der Waals surface area contributed by atoms with Gasteiger partial charge in [0.1, 0.15) is 22.3 Å². The lowest BCUT2D eigenvalue weighted by atomic mass is 9.86. The van der Waals surface area contributed by atoms with Crippen molar-refractivity contribution < 1.29 is 42.0 Å². The van der Waals surface area contributed by atoms with Crippen LogP contribution >= 0.6 is 23.2 Å². The maximum atomic E-state index is 13.9. The number of benzene rings is 3. The summed E-state index contributed by atoms with van der Waals surface area (Å²) in [5, 5.41) is 12.1. The molecule has 1 saturated carbocycles. The number of ether oxygens (including phenoxy) is 4. The zero-order chi connectivity index (χ0) is 37.8. The van der Waals surface area contributed by atoms with Crippen LogP contribution in [0.15, 0.2) is 85.2 Å². The molecule has 4 aromatic rings. The molecule has 3 saturated heterocycles. The smallest absolute Gasteiger partial charge is 0.414 e. The number of fused-ring (bicyclic) bond motifs is 3. The summed E-state index contributed by atoms with van der Waals surface area (Å²) in [6, 6.07) is 20.3. The number of rotatable bonds is 14. The number of amides is 1. The van der Waals surface area contributed by atoms with E-state index in [9.17, 15) is 23.6 Å². The predicted molar refractivity (Wildman–Crippen MR) is 197 cm³/mol. The molecule has 10 nitrogen and oxygen atoms in total. The molecule has 1 amide bonds. The minimum atomic E-state index is -3.08. The van der Waals surface area contributed by atoms with Crippen LogP contribution in [0.3, 0.4) is 0 Å². The van der Waals surface area contributed by atoms with E-state index in [-0.39, 0.29) is 46.2 Å². The number of anilines is 1. The largest absolute Gasteiger partial charge is 0.619 e. The molecule has 0 radical (unpaired) electrons. The van der Waals surface area contributed by atoms with Crippen molar-refractivity contribution >= 4 is 41.0 Å². The quantitative estimate of drug-likeness (QED) is 0.0714. The normalized spacial score (nSPS) is 19.6. The molecule has 3 aromatic carbocycles. The number of pyridine rings is 1. The Hall–Kier alpha value is -4.65. The molecule has 0 spiro atoms. The Morgan fingerprint density at radius 3 is 2.33 bits per heavy atom. The highest BCUT2D eigenvalue weighted by Crippen LogP contribution is 2.38. The molecule has 3 aliphatic heterocycles. The molecule has 4 fully saturated rings. The van der Waals surface area contributed by atoms with E-state index < -0.39 is 24.8 Å². The first-order valence-electron chi connectivity index (χ1n) is 17.9. The summed E-state index contributed by atoms with van der Waals surface area (Å²) in [4.78, 5) is 31.6. The molecule has 54 heavy (non-hydrogen) atoms. The number of halogens is 4. The molecule has 1 aliphatic carbocycles. The lowest BCUT2D eigenvalue weighted by molar-refractivity contribution is -0.605. The van der Waals surface area contributed by atoms with Crippen molar-refractivity contribution in [3.63, 3.8) is 0 Å². The molecule has 4 aliphatic rings. The first-order valence-corrected chi connectivity index (χ1v) is 18.7. The van der Waals surface area contributed by atoms with E-state index in [1.165, 1.54) is 18.2 Å². The van der Waals surface area contributed by atoms with E-state index in [2.05, 4.69) is 4.90 Å². The Bertz CT molecular complexity index is 1940. The number of esters is 1. The van der Waals surface area contributed by atoms with E-state index in [0.717, 1.165) is 51.2 Å². The van der Waals surface area contributed by atoms with Gasteiger partial charge in [0.2, 0.25) is 0 Å². The molecule has 1 aromatic heterocycles. The standard InChI is InChI=1S/C40H39Cl2F2N3O7/c41-32-21-46(50)22-33(42)31(32)19-35(28-11-12-34(53-39(43)44)36(18-28)51-24-25-9-10-25)52-38(48)29-6-4-5-26(17-29)20-47(30-7-2-1-3-8-30)40(49)54-37-23-45-15-13-27(37)14-16-45/h1-8,11-12,17-18,21-22,25,27,35,37,39H,9-10,13-16,19-20,23-24H2/t35?,37-/m0/s1. The zero-order valence-corrected chi connectivity index (χ0v) is 30.8. The van der Waals surface area contributed by atoms with Crippen LogP contribution in [0.25, 0.3) is 0 Å². The number of carbonyl (C=O) groups is 2. The van der Waals surface area contributed by atoms with Gasteiger partial charge in [-0.2, -0.15) is 13.5 Å². The molecule has 14 heteroatoms. The number of piperidine rings is 3. The van der Waals surface area contributed by atoms with Crippen molar-refractivity contribution in [2.24, 2.45) is 11.8 Å². The number of para-hydroxylation sites is 1. The van der Waals surface area contributed by atoms with Crippen LogP contribution in [0.2, 0.25) is 10.0 Å². The fourth-order valence-corrected chi connectivity index (χ4v) is 7.54. The van der Waals surface area contributed by atoms with Gasteiger partial charge in [0, 0.05) is 24.2 Å². The molecule has 1 unspecified atom stereocenters. The van der Waals surface area contributed by atoms with Crippen LogP contribution in [0.5, 0.6) is 11.5 Å². The summed E-state index contributed by atoms with van der Waals surface area (Å²) in [6.45, 7) is 0.0999. The Morgan fingerprint density at radius 1 is 0.926 bits per heavy atom. The van der Waals surface area contributed by atoms with Crippen molar-refractivity contribution in [3.05, 3.63) is 123 Å². The van der Waals surface area contributed by atoms with E-state index in [1.54, 1.807) is 29.2 Å². The second-order valence-electron chi connectivity index (χ2n) is 13.9. The second-order valence-corrected chi connectivity index (χ2v) is 14.7. The maximum Gasteiger partial charge on any atom is 0.414 e. The molecule has 8 rings (SSSR count). The van der Waals surface area contributed by atoms with Crippen molar-refractivity contribution in [1.29, 1.82) is 0 Å². The van der Waals surface area contributed by atoms with Crippen molar-refractivity contribution in [2.75, 3.05) is 31.1 Å². The lowest BCUT2D eigenvalue weighted by Gasteiger charge is -2.44. The summed E-state index contributed by atoms with van der Waals surface area (Å²) < 4.78 is 49.9. The number of hydrogen-bond donors (Lipinski definition) is 0. The fourth-order valence-electron chi connectivity index (χ4n) is 6.94. The number of hydrogen-bond acceptors (Lipinski definition) is 8. The van der Waals surface area contributed by atoms with Crippen LogP contribution in [0.4, 0.5) is 19.3 Å². The van der Waals surface area contributed by atoms with Crippen LogP contribution in [0, 0.1) is 17.0 Å². The number of nitrogens with zero attached hydrogens (tertiary/aromatic N) is 3. The average molecular weight is 783 g/mol. The number of aromatic nitrogens is 1. The monoisotopic (exact) mass is 781 g/mol. The maximum absolute atomic E-state index is 13.9. The van der Waals surface area contributed by atoms with E-state index in [1.807, 2.05) is 30.3 Å². The summed E-state index contributed by atoms with van der Waals surface area (Å²) in [7, 11) is 0. The summed E-state index contributed by atoms with van der Waals surface area (Å²) in [5.41, 5.74) is 2.22. The molecule has 4 heterocycles. The molecular weight excluding hydrogens is 743 g/mol. The minimum absolute atomic E-state index is 0.0505. The van der Waals surface area contributed by atoms with Crippen LogP contribution in [0.1, 0.15) is 58.8 Å². The highest BCUT2D eigenvalue weighted by molar-refractivity contribution is 6.35. The summed E-state index contributed by atoms with van der Waals surface area (Å²) in [6.07, 6.45) is 4.43. The Labute approximate surface area is 321 Å². The summed E-state index contributed by atoms with van der Waals surface area (Å²) in [5.74, 6) is -0.159. The zero-order valence-electron chi connectivity index (χ0n) is 29.3. The van der Waals surface area contributed by atoms with Gasteiger partial charge in [-0.05, 0) is 98.1 Å².